The number of carbonyl (C=O) groups is 2. The fourth-order valence-corrected chi connectivity index (χ4v) is 2.18. The molecule has 0 aliphatic rings. The minimum atomic E-state index is -0.919. The van der Waals surface area contributed by atoms with Gasteiger partial charge in [-0.1, -0.05) is 26.5 Å². The zero-order valence-electron chi connectivity index (χ0n) is 13.1. The molecule has 120 valence electrons. The molecular formula is C17H23NO4. The monoisotopic (exact) mass is 305 g/mol. The average molecular weight is 305 g/mol. The van der Waals surface area contributed by atoms with Crippen molar-refractivity contribution in [2.45, 2.75) is 38.6 Å². The number of nitrogens with one attached hydrogen (secondary N) is 1. The molecule has 0 aliphatic carbocycles. The maximum absolute atomic E-state index is 12.3. The number of carbonyl (C=O) groups excluding carboxylic acids is 1. The van der Waals surface area contributed by atoms with E-state index in [0.717, 1.165) is 0 Å². The summed E-state index contributed by atoms with van der Waals surface area (Å²) in [4.78, 5) is 23.3. The third-order valence-corrected chi connectivity index (χ3v) is 3.71. The molecule has 0 radical (unpaired) electrons. The molecule has 22 heavy (non-hydrogen) atoms. The van der Waals surface area contributed by atoms with Crippen molar-refractivity contribution in [3.63, 3.8) is 0 Å². The van der Waals surface area contributed by atoms with Gasteiger partial charge in [0.1, 0.15) is 12.4 Å². The summed E-state index contributed by atoms with van der Waals surface area (Å²) >= 11 is 0. The predicted octanol–water partition coefficient (Wildman–Crippen LogP) is 3.01. The van der Waals surface area contributed by atoms with Crippen molar-refractivity contribution in [1.82, 2.24) is 5.32 Å². The molecule has 0 saturated heterocycles. The Labute approximate surface area is 131 Å². The summed E-state index contributed by atoms with van der Waals surface area (Å²) in [5, 5.41) is 11.9. The van der Waals surface area contributed by atoms with E-state index in [2.05, 4.69) is 11.9 Å². The summed E-state index contributed by atoms with van der Waals surface area (Å²) < 4.78 is 5.36. The summed E-state index contributed by atoms with van der Waals surface area (Å²) in [6.07, 6.45) is 2.67. The van der Waals surface area contributed by atoms with Gasteiger partial charge in [-0.05, 0) is 37.1 Å². The molecule has 1 amide bonds. The van der Waals surface area contributed by atoms with Crippen LogP contribution in [0.15, 0.2) is 36.9 Å². The van der Waals surface area contributed by atoms with Crippen molar-refractivity contribution >= 4 is 11.9 Å². The number of rotatable bonds is 9. The Morgan fingerprint density at radius 3 is 2.32 bits per heavy atom. The van der Waals surface area contributed by atoms with Gasteiger partial charge in [-0.25, -0.2) is 0 Å². The van der Waals surface area contributed by atoms with Crippen molar-refractivity contribution < 1.29 is 19.4 Å². The molecule has 1 rings (SSSR count). The van der Waals surface area contributed by atoms with Gasteiger partial charge in [-0.15, -0.1) is 0 Å². The number of amides is 1. The maximum Gasteiger partial charge on any atom is 0.305 e. The first-order valence-electron chi connectivity index (χ1n) is 7.34. The van der Waals surface area contributed by atoms with Crippen LogP contribution in [0.2, 0.25) is 0 Å². The third-order valence-electron chi connectivity index (χ3n) is 3.71. The first-order chi connectivity index (χ1) is 10.5. The second-order valence-corrected chi connectivity index (χ2v) is 5.14. The van der Waals surface area contributed by atoms with Crippen molar-refractivity contribution in [3.05, 3.63) is 42.5 Å². The van der Waals surface area contributed by atoms with Crippen LogP contribution in [-0.2, 0) is 4.79 Å². The van der Waals surface area contributed by atoms with E-state index < -0.39 is 11.5 Å². The van der Waals surface area contributed by atoms with Crippen LogP contribution in [0.3, 0.4) is 0 Å². The first kappa shape index (κ1) is 17.8. The lowest BCUT2D eigenvalue weighted by atomic mass is 9.88. The van der Waals surface area contributed by atoms with E-state index in [1.165, 1.54) is 0 Å². The number of carboxylic acids is 1. The fraction of sp³-hybridized carbons (Fsp3) is 0.412. The molecule has 0 saturated carbocycles. The highest BCUT2D eigenvalue weighted by molar-refractivity contribution is 5.95. The number of aliphatic carboxylic acids is 1. The summed E-state index contributed by atoms with van der Waals surface area (Å²) in [6, 6.07) is 6.72. The van der Waals surface area contributed by atoms with Gasteiger partial charge in [-0.2, -0.15) is 0 Å². The quantitative estimate of drug-likeness (QED) is 0.688. The van der Waals surface area contributed by atoms with Crippen LogP contribution in [0.1, 0.15) is 43.5 Å². The SMILES string of the molecule is C=CCOc1ccc(C(=O)NC(CC)(CC)CC(=O)O)cc1. The number of hydrogen-bond donors (Lipinski definition) is 2. The second kappa shape index (κ2) is 8.22. The lowest BCUT2D eigenvalue weighted by Crippen LogP contribution is -2.49. The number of carboxylic acid groups (broad SMARTS) is 1. The normalized spacial score (nSPS) is 10.8. The zero-order chi connectivity index (χ0) is 16.6. The van der Waals surface area contributed by atoms with Crippen LogP contribution >= 0.6 is 0 Å². The van der Waals surface area contributed by atoms with Gasteiger partial charge in [0.2, 0.25) is 0 Å². The standard InChI is InChI=1S/C17H23NO4/c1-4-11-22-14-9-7-13(8-10-14)16(21)18-17(5-2,6-3)12-15(19)20/h4,7-10H,1,5-6,11-12H2,2-3H3,(H,18,21)(H,19,20). The second-order valence-electron chi connectivity index (χ2n) is 5.14. The molecule has 2 N–H and O–H groups in total. The van der Waals surface area contributed by atoms with Crippen LogP contribution in [0, 0.1) is 0 Å². The maximum atomic E-state index is 12.3. The number of ether oxygens (including phenoxy) is 1. The van der Waals surface area contributed by atoms with Gasteiger partial charge in [0.05, 0.1) is 12.0 Å². The molecule has 5 nitrogen and oxygen atoms in total. The predicted molar refractivity (Wildman–Crippen MR) is 85.2 cm³/mol. The van der Waals surface area contributed by atoms with E-state index in [-0.39, 0.29) is 12.3 Å². The lowest BCUT2D eigenvalue weighted by molar-refractivity contribution is -0.138. The van der Waals surface area contributed by atoms with Crippen LogP contribution in [0.4, 0.5) is 0 Å². The molecule has 0 bridgehead atoms. The van der Waals surface area contributed by atoms with Crippen LogP contribution in [0.5, 0.6) is 5.75 Å². The van der Waals surface area contributed by atoms with E-state index in [1.807, 2.05) is 13.8 Å². The van der Waals surface area contributed by atoms with E-state index in [1.54, 1.807) is 30.3 Å². The highest BCUT2D eigenvalue weighted by atomic mass is 16.5. The summed E-state index contributed by atoms with van der Waals surface area (Å²) in [5.41, 5.74) is -0.247. The number of hydrogen-bond acceptors (Lipinski definition) is 3. The number of benzene rings is 1. The molecule has 0 aliphatic heterocycles. The minimum absolute atomic E-state index is 0.0910. The minimum Gasteiger partial charge on any atom is -0.490 e. The van der Waals surface area contributed by atoms with Gasteiger partial charge in [0.15, 0.2) is 0 Å². The van der Waals surface area contributed by atoms with Crippen molar-refractivity contribution in [1.29, 1.82) is 0 Å². The molecule has 0 heterocycles. The van der Waals surface area contributed by atoms with E-state index in [0.29, 0.717) is 30.8 Å². The Bertz CT molecular complexity index is 518. The van der Waals surface area contributed by atoms with Crippen LogP contribution in [0.25, 0.3) is 0 Å². The van der Waals surface area contributed by atoms with Gasteiger partial charge in [0.25, 0.3) is 5.91 Å². The average Bonchev–Trinajstić information content (AvgIpc) is 2.52. The molecule has 1 aromatic carbocycles. The highest BCUT2D eigenvalue weighted by Crippen LogP contribution is 2.21. The first-order valence-corrected chi connectivity index (χ1v) is 7.34. The molecule has 0 unspecified atom stereocenters. The van der Waals surface area contributed by atoms with Gasteiger partial charge in [0, 0.05) is 5.56 Å². The van der Waals surface area contributed by atoms with Gasteiger partial charge < -0.3 is 15.2 Å². The molecular weight excluding hydrogens is 282 g/mol. The van der Waals surface area contributed by atoms with E-state index in [4.69, 9.17) is 9.84 Å². The molecule has 0 aromatic heterocycles. The zero-order valence-corrected chi connectivity index (χ0v) is 13.1. The Hall–Kier alpha value is -2.30. The summed E-state index contributed by atoms with van der Waals surface area (Å²) in [7, 11) is 0. The Balaban J connectivity index is 2.81. The van der Waals surface area contributed by atoms with Crippen molar-refractivity contribution in [2.75, 3.05) is 6.61 Å². The summed E-state index contributed by atoms with van der Waals surface area (Å²) in [5.74, 6) is -0.545. The molecule has 1 aromatic rings. The Kier molecular flexibility index (Phi) is 6.63. The van der Waals surface area contributed by atoms with E-state index in [9.17, 15) is 9.59 Å². The summed E-state index contributed by atoms with van der Waals surface area (Å²) in [6.45, 7) is 7.72. The van der Waals surface area contributed by atoms with Gasteiger partial charge in [-0.3, -0.25) is 9.59 Å². The molecule has 0 atom stereocenters. The Morgan fingerprint density at radius 2 is 1.86 bits per heavy atom. The lowest BCUT2D eigenvalue weighted by Gasteiger charge is -2.31. The molecule has 5 heteroatoms. The van der Waals surface area contributed by atoms with Crippen molar-refractivity contribution in [3.8, 4) is 5.75 Å². The van der Waals surface area contributed by atoms with Crippen molar-refractivity contribution in [2.24, 2.45) is 0 Å². The highest BCUT2D eigenvalue weighted by Gasteiger charge is 2.31. The third kappa shape index (κ3) is 4.91. The topological polar surface area (TPSA) is 75.6 Å². The Morgan fingerprint density at radius 1 is 1.27 bits per heavy atom. The van der Waals surface area contributed by atoms with Crippen LogP contribution in [-0.4, -0.2) is 29.1 Å². The van der Waals surface area contributed by atoms with E-state index >= 15 is 0 Å². The smallest absolute Gasteiger partial charge is 0.305 e. The fourth-order valence-electron chi connectivity index (χ4n) is 2.18. The van der Waals surface area contributed by atoms with Gasteiger partial charge >= 0.3 is 5.97 Å². The molecule has 0 spiro atoms. The molecule has 0 fully saturated rings. The van der Waals surface area contributed by atoms with Crippen LogP contribution < -0.4 is 10.1 Å². The largest absolute Gasteiger partial charge is 0.490 e.